The van der Waals surface area contributed by atoms with E-state index in [1.807, 2.05) is 14.0 Å². The smallest absolute Gasteiger partial charge is 0.191 e. The van der Waals surface area contributed by atoms with Crippen LogP contribution in [0.5, 0.6) is 0 Å². The van der Waals surface area contributed by atoms with Crippen molar-refractivity contribution < 1.29 is 9.47 Å². The number of benzene rings is 1. The van der Waals surface area contributed by atoms with Gasteiger partial charge in [0.1, 0.15) is 0 Å². The summed E-state index contributed by atoms with van der Waals surface area (Å²) in [4.78, 5) is 4.37. The Kier molecular flexibility index (Phi) is 11.4. The molecule has 6 heteroatoms. The van der Waals surface area contributed by atoms with E-state index in [9.17, 15) is 0 Å². The van der Waals surface area contributed by atoms with E-state index in [0.29, 0.717) is 12.5 Å². The van der Waals surface area contributed by atoms with Crippen LogP contribution >= 0.6 is 24.0 Å². The molecule has 2 rings (SSSR count). The van der Waals surface area contributed by atoms with Crippen LogP contribution in [-0.2, 0) is 22.6 Å². The minimum atomic E-state index is 0. The predicted molar refractivity (Wildman–Crippen MR) is 127 cm³/mol. The van der Waals surface area contributed by atoms with Crippen molar-refractivity contribution in [3.05, 3.63) is 35.4 Å². The van der Waals surface area contributed by atoms with Crippen LogP contribution in [-0.4, -0.2) is 38.9 Å². The Labute approximate surface area is 188 Å². The van der Waals surface area contributed by atoms with Crippen molar-refractivity contribution in [3.63, 3.8) is 0 Å². The topological polar surface area (TPSA) is 54.9 Å². The molecule has 0 aromatic heterocycles. The van der Waals surface area contributed by atoms with Crippen LogP contribution < -0.4 is 10.6 Å². The van der Waals surface area contributed by atoms with E-state index in [2.05, 4.69) is 60.7 Å². The maximum Gasteiger partial charge on any atom is 0.191 e. The van der Waals surface area contributed by atoms with Gasteiger partial charge in [0.05, 0.1) is 12.7 Å². The Balaban J connectivity index is 0.00000392. The normalized spacial score (nSPS) is 20.4. The third-order valence-electron chi connectivity index (χ3n) is 5.01. The van der Waals surface area contributed by atoms with Crippen molar-refractivity contribution in [2.75, 3.05) is 26.8 Å². The highest BCUT2D eigenvalue weighted by Crippen LogP contribution is 2.33. The van der Waals surface area contributed by atoms with E-state index in [0.717, 1.165) is 38.7 Å². The number of nitrogens with zero attached hydrogens (tertiary/aromatic N) is 1. The van der Waals surface area contributed by atoms with Crippen molar-refractivity contribution in [1.82, 2.24) is 10.6 Å². The molecule has 1 heterocycles. The highest BCUT2D eigenvalue weighted by atomic mass is 127. The Morgan fingerprint density at radius 3 is 2.46 bits per heavy atom. The van der Waals surface area contributed by atoms with Crippen LogP contribution in [0.15, 0.2) is 29.3 Å². The lowest BCUT2D eigenvalue weighted by atomic mass is 9.78. The van der Waals surface area contributed by atoms with Crippen molar-refractivity contribution in [1.29, 1.82) is 0 Å². The summed E-state index contributed by atoms with van der Waals surface area (Å²) >= 11 is 0. The van der Waals surface area contributed by atoms with Gasteiger partial charge >= 0.3 is 0 Å². The van der Waals surface area contributed by atoms with Crippen LogP contribution in [0.25, 0.3) is 0 Å². The molecule has 0 spiro atoms. The first-order valence-electron chi connectivity index (χ1n) is 10.2. The summed E-state index contributed by atoms with van der Waals surface area (Å²) in [6.45, 7) is 12.7. The second-order valence-corrected chi connectivity index (χ2v) is 8.32. The zero-order chi connectivity index (χ0) is 19.7. The van der Waals surface area contributed by atoms with Crippen molar-refractivity contribution in [2.45, 2.75) is 59.8 Å². The van der Waals surface area contributed by atoms with Gasteiger partial charge in [0.25, 0.3) is 0 Å². The van der Waals surface area contributed by atoms with E-state index in [1.165, 1.54) is 17.5 Å². The third kappa shape index (κ3) is 8.25. The Hall–Kier alpha value is -0.860. The number of rotatable bonds is 7. The molecule has 160 valence electrons. The molecule has 1 fully saturated rings. The summed E-state index contributed by atoms with van der Waals surface area (Å²) < 4.78 is 11.5. The number of nitrogens with one attached hydrogen (secondary N) is 2. The number of ether oxygens (including phenoxy) is 2. The fraction of sp³-hybridized carbons (Fsp3) is 0.682. The third-order valence-corrected chi connectivity index (χ3v) is 5.01. The fourth-order valence-electron chi connectivity index (χ4n) is 3.62. The monoisotopic (exact) mass is 503 g/mol. The Morgan fingerprint density at radius 1 is 1.18 bits per heavy atom. The number of halogens is 1. The molecule has 2 N–H and O–H groups in total. The van der Waals surface area contributed by atoms with E-state index in [-0.39, 0.29) is 35.5 Å². The van der Waals surface area contributed by atoms with Crippen molar-refractivity contribution >= 4 is 29.9 Å². The van der Waals surface area contributed by atoms with E-state index < -0.39 is 0 Å². The standard InChI is InChI=1S/C22H37N3O2.HI/c1-6-26-16-18-11-9-17(10-12-18)14-24-21(23-5)25-15-19-8-7-13-27-20(19)22(2,3)4;/h9-12,19-20H,6-8,13-16H2,1-5H3,(H2,23,24,25);1H. The molecule has 2 unspecified atom stereocenters. The van der Waals surface area contributed by atoms with Gasteiger partial charge in [-0.25, -0.2) is 0 Å². The highest BCUT2D eigenvalue weighted by Gasteiger charge is 2.35. The minimum absolute atomic E-state index is 0. The lowest BCUT2D eigenvalue weighted by molar-refractivity contribution is -0.0835. The summed E-state index contributed by atoms with van der Waals surface area (Å²) in [6.07, 6.45) is 2.63. The molecule has 1 aromatic carbocycles. The molecular weight excluding hydrogens is 465 g/mol. The molecule has 0 aliphatic carbocycles. The molecule has 0 saturated carbocycles. The molecule has 0 amide bonds. The number of guanidine groups is 1. The summed E-state index contributed by atoms with van der Waals surface area (Å²) in [7, 11) is 1.82. The summed E-state index contributed by atoms with van der Waals surface area (Å²) in [5, 5.41) is 6.90. The Morgan fingerprint density at radius 2 is 1.86 bits per heavy atom. The fourth-order valence-corrected chi connectivity index (χ4v) is 3.62. The average Bonchev–Trinajstić information content (AvgIpc) is 2.67. The van der Waals surface area contributed by atoms with Gasteiger partial charge < -0.3 is 20.1 Å². The molecule has 1 saturated heterocycles. The van der Waals surface area contributed by atoms with Gasteiger partial charge in [-0.2, -0.15) is 0 Å². The number of aliphatic imine (C=N–C) groups is 1. The molecule has 28 heavy (non-hydrogen) atoms. The van der Waals surface area contributed by atoms with Gasteiger partial charge in [-0.1, -0.05) is 45.0 Å². The van der Waals surface area contributed by atoms with Gasteiger partial charge in [-0.15, -0.1) is 24.0 Å². The lowest BCUT2D eigenvalue weighted by Crippen LogP contribution is -2.47. The van der Waals surface area contributed by atoms with Crippen LogP contribution in [0.3, 0.4) is 0 Å². The highest BCUT2D eigenvalue weighted by molar-refractivity contribution is 14.0. The number of hydrogen-bond acceptors (Lipinski definition) is 3. The van der Waals surface area contributed by atoms with Crippen molar-refractivity contribution in [2.24, 2.45) is 16.3 Å². The van der Waals surface area contributed by atoms with Crippen LogP contribution in [0, 0.1) is 11.3 Å². The van der Waals surface area contributed by atoms with Gasteiger partial charge in [0, 0.05) is 39.3 Å². The first-order chi connectivity index (χ1) is 12.9. The number of hydrogen-bond donors (Lipinski definition) is 2. The van der Waals surface area contributed by atoms with Gasteiger partial charge in [0.2, 0.25) is 0 Å². The van der Waals surface area contributed by atoms with Crippen LogP contribution in [0.1, 0.15) is 51.7 Å². The second-order valence-electron chi connectivity index (χ2n) is 8.32. The first-order valence-corrected chi connectivity index (χ1v) is 10.2. The SMILES string of the molecule is CCOCc1ccc(CNC(=NC)NCC2CCCOC2C(C)(C)C)cc1.I. The quantitative estimate of drug-likeness (QED) is 0.330. The maximum absolute atomic E-state index is 6.08. The Bertz CT molecular complexity index is 584. The lowest BCUT2D eigenvalue weighted by Gasteiger charge is -2.40. The maximum atomic E-state index is 6.08. The summed E-state index contributed by atoms with van der Waals surface area (Å²) in [6, 6.07) is 8.52. The van der Waals surface area contributed by atoms with Gasteiger partial charge in [-0.3, -0.25) is 4.99 Å². The molecule has 1 aliphatic heterocycles. The molecule has 2 atom stereocenters. The van der Waals surface area contributed by atoms with Crippen LogP contribution in [0.2, 0.25) is 0 Å². The van der Waals surface area contributed by atoms with E-state index in [1.54, 1.807) is 0 Å². The summed E-state index contributed by atoms with van der Waals surface area (Å²) in [5.41, 5.74) is 2.59. The van der Waals surface area contributed by atoms with E-state index in [4.69, 9.17) is 9.47 Å². The summed E-state index contributed by atoms with van der Waals surface area (Å²) in [5.74, 6) is 1.35. The predicted octanol–water partition coefficient (Wildman–Crippen LogP) is 4.35. The van der Waals surface area contributed by atoms with Crippen molar-refractivity contribution in [3.8, 4) is 0 Å². The van der Waals surface area contributed by atoms with Gasteiger partial charge in [0.15, 0.2) is 5.96 Å². The molecule has 0 radical (unpaired) electrons. The first kappa shape index (κ1) is 25.2. The largest absolute Gasteiger partial charge is 0.377 e. The zero-order valence-electron chi connectivity index (χ0n) is 18.1. The van der Waals surface area contributed by atoms with Gasteiger partial charge in [-0.05, 0) is 36.3 Å². The van der Waals surface area contributed by atoms with E-state index >= 15 is 0 Å². The molecule has 1 aliphatic rings. The molecule has 0 bridgehead atoms. The molecule has 5 nitrogen and oxygen atoms in total. The average molecular weight is 503 g/mol. The van der Waals surface area contributed by atoms with Crippen LogP contribution in [0.4, 0.5) is 0 Å². The molecular formula is C22H38IN3O2. The zero-order valence-corrected chi connectivity index (χ0v) is 20.4. The second kappa shape index (κ2) is 12.6. The minimum Gasteiger partial charge on any atom is -0.377 e. The molecule has 1 aromatic rings.